The van der Waals surface area contributed by atoms with Crippen LogP contribution in [0.15, 0.2) is 66.7 Å². The zero-order valence-electron chi connectivity index (χ0n) is 58.6. The second-order valence-corrected chi connectivity index (χ2v) is 27.6. The van der Waals surface area contributed by atoms with Gasteiger partial charge < -0.3 is 97.1 Å². The minimum Gasteiger partial charge on any atom is -0.508 e. The van der Waals surface area contributed by atoms with E-state index in [0.717, 1.165) is 4.90 Å². The van der Waals surface area contributed by atoms with Crippen LogP contribution in [0.5, 0.6) is 23.0 Å². The molecule has 13 N–H and O–H groups in total. The van der Waals surface area contributed by atoms with Gasteiger partial charge in [-0.25, -0.2) is 4.79 Å². The largest absolute Gasteiger partial charge is 0.508 e. The zero-order chi connectivity index (χ0) is 75.8. The number of hydrogen-bond donors (Lipinski definition) is 12. The second kappa shape index (κ2) is 35.8. The monoisotopic (exact) mass is 1480 g/mol. The molecular formula is C72H92N12O20S. The summed E-state index contributed by atoms with van der Waals surface area (Å²) in [7, 11) is 0. The molecule has 0 unspecified atom stereocenters. The molecule has 9 rings (SSSR count). The number of amides is 10. The summed E-state index contributed by atoms with van der Waals surface area (Å²) in [4.78, 5) is 184. The molecule has 566 valence electrons. The van der Waals surface area contributed by atoms with Crippen molar-refractivity contribution in [1.29, 1.82) is 0 Å². The number of rotatable bonds is 17. The van der Waals surface area contributed by atoms with Gasteiger partial charge in [0.2, 0.25) is 59.1 Å². The molecule has 32 nitrogen and oxygen atoms in total. The average Bonchev–Trinajstić information content (AvgIpc) is 1.60. The number of carbonyl (C=O) groups is 13. The number of ether oxygens (including phenoxy) is 2. The van der Waals surface area contributed by atoms with Gasteiger partial charge in [0.15, 0.2) is 10.7 Å². The molecule has 1 spiro atoms. The number of aliphatic carboxylic acids is 2. The Balaban J connectivity index is 0.886. The van der Waals surface area contributed by atoms with Crippen molar-refractivity contribution in [2.24, 2.45) is 5.73 Å². The lowest BCUT2D eigenvalue weighted by Crippen LogP contribution is -2.61. The van der Waals surface area contributed by atoms with E-state index in [1.165, 1.54) is 57.7 Å². The standard InChI is InChI=1S/C72H92N12O20S/c1-41-66(98)83-34-15-18-54(83)69(101)84-35-14-17-53(84)68(100)81(40-58(89)77-50(63(73)95)26-28-60(91)92)32-12-8-6-4-3-5-7-11-31-80(39-57(88)78-51(27-29-61(93)94)67(99)82-33-13-16-52(82)64(96)79-62(42(2)85)65(97)75-41)59(90)19-9-10-30-74-71(105)76-43-20-23-46-49(36-43)72(104-70(46)102)47-24-21-44(86)37-55(47)103-56-38-45(87)22-25-48(56)72/h5,7,20-25,36-38,41-42,50-54,62,85-87H,3-4,6,8-19,26-35,39-40H2,1-2H3,(H2,73,95)(H,75,97)(H,77,89)(H,78,88)(H,79,96)(H,91,92)(H,93,94)(H2,74,76,105)/t41-,42+,50-,51-,52-,53-,54-,62-/m0/s1. The number of carbonyl (C=O) groups excluding carboxylic acids is 11. The van der Waals surface area contributed by atoms with Crippen LogP contribution in [0.4, 0.5) is 5.69 Å². The summed E-state index contributed by atoms with van der Waals surface area (Å²) in [5.41, 5.74) is 6.04. The first-order chi connectivity index (χ1) is 50.1. The zero-order valence-corrected chi connectivity index (χ0v) is 59.5. The fraction of sp³-hybridized carbons (Fsp3) is 0.528. The van der Waals surface area contributed by atoms with Gasteiger partial charge in [-0.1, -0.05) is 25.0 Å². The minimum absolute atomic E-state index is 0.0120. The SMILES string of the molecule is C[C@@H]1NC(=O)[C@H]([C@@H](C)O)NC(=O)[C@@H]2CCCN2C(=O)[C@H](CCC(=O)O)NC(=O)CN(C(=O)CCCCNC(=S)Nc2ccc3c(c2)C2(OC3=O)c3ccc(O)cc3Oc3cc(O)ccc32)CCC=CCCCCCCN(CC(=O)N[C@@H](CCC(=O)O)C(N)=O)C(=O)[C@@H]2CCCN2C(=O)[C@@H]2CCCN2C1=O. The van der Waals surface area contributed by atoms with Crippen LogP contribution in [-0.4, -0.2) is 233 Å². The fourth-order valence-electron chi connectivity index (χ4n) is 14.3. The predicted molar refractivity (Wildman–Crippen MR) is 378 cm³/mol. The lowest BCUT2D eigenvalue weighted by atomic mass is 9.77. The number of aliphatic hydroxyl groups excluding tert-OH is 1. The van der Waals surface area contributed by atoms with Crippen molar-refractivity contribution in [1.82, 2.24) is 51.1 Å². The van der Waals surface area contributed by atoms with E-state index >= 15 is 0 Å². The Labute approximate surface area is 611 Å². The molecule has 3 aromatic rings. The number of aliphatic hydroxyl groups is 1. The highest BCUT2D eigenvalue weighted by Gasteiger charge is 2.54. The Bertz CT molecular complexity index is 3820. The lowest BCUT2D eigenvalue weighted by molar-refractivity contribution is -0.150. The Kier molecular flexibility index (Phi) is 26.9. The van der Waals surface area contributed by atoms with E-state index in [1.54, 1.807) is 30.3 Å². The van der Waals surface area contributed by atoms with Crippen LogP contribution in [0.2, 0.25) is 0 Å². The number of primary amides is 1. The minimum atomic E-state index is -1.69. The second-order valence-electron chi connectivity index (χ2n) is 27.2. The van der Waals surface area contributed by atoms with Gasteiger partial charge in [-0.3, -0.25) is 57.5 Å². The fourth-order valence-corrected chi connectivity index (χ4v) is 14.5. The molecule has 0 saturated carbocycles. The normalized spacial score (nSPS) is 22.7. The third-order valence-electron chi connectivity index (χ3n) is 19.6. The quantitative estimate of drug-likeness (QED) is 0.0399. The third kappa shape index (κ3) is 19.5. The van der Waals surface area contributed by atoms with Crippen LogP contribution in [0, 0.1) is 0 Å². The van der Waals surface area contributed by atoms with Gasteiger partial charge in [-0.2, -0.15) is 0 Å². The Morgan fingerprint density at radius 3 is 1.93 bits per heavy atom. The van der Waals surface area contributed by atoms with Crippen LogP contribution in [0.25, 0.3) is 0 Å². The first-order valence-electron chi connectivity index (χ1n) is 35.7. The maximum absolute atomic E-state index is 14.7. The first kappa shape index (κ1) is 78.7. The molecular weight excluding hydrogens is 1380 g/mol. The van der Waals surface area contributed by atoms with Gasteiger partial charge in [-0.15, -0.1) is 0 Å². The molecule has 0 aromatic heterocycles. The molecule has 3 saturated heterocycles. The van der Waals surface area contributed by atoms with Gasteiger partial charge in [-0.05, 0) is 158 Å². The summed E-state index contributed by atoms with van der Waals surface area (Å²) in [5, 5.41) is 67.3. The van der Waals surface area contributed by atoms with Gasteiger partial charge in [0.05, 0.1) is 24.8 Å². The van der Waals surface area contributed by atoms with E-state index in [9.17, 15) is 87.9 Å². The summed E-state index contributed by atoms with van der Waals surface area (Å²) in [6.45, 7) is 2.09. The number of unbranched alkanes of at least 4 members (excludes halogenated alkanes) is 1. The number of benzene rings is 3. The number of esters is 1. The smallest absolute Gasteiger partial charge is 0.340 e. The van der Waals surface area contributed by atoms with Gasteiger partial charge >= 0.3 is 17.9 Å². The van der Waals surface area contributed by atoms with Crippen molar-refractivity contribution in [3.8, 4) is 23.0 Å². The number of allylic oxidation sites excluding steroid dienone is 1. The maximum Gasteiger partial charge on any atom is 0.340 e. The van der Waals surface area contributed by atoms with Crippen molar-refractivity contribution in [3.05, 3.63) is 89.0 Å². The third-order valence-corrected chi connectivity index (χ3v) is 19.9. The van der Waals surface area contributed by atoms with Crippen LogP contribution in [0.1, 0.15) is 163 Å². The molecule has 33 heteroatoms. The number of carboxylic acids is 2. The molecule has 0 radical (unpaired) electrons. The van der Waals surface area contributed by atoms with Crippen LogP contribution < -0.4 is 42.4 Å². The summed E-state index contributed by atoms with van der Waals surface area (Å²) in [6, 6.07) is 4.56. The number of nitrogens with one attached hydrogen (secondary N) is 6. The molecule has 0 bridgehead atoms. The van der Waals surface area contributed by atoms with E-state index in [1.807, 2.05) is 12.2 Å². The summed E-state index contributed by atoms with van der Waals surface area (Å²) < 4.78 is 12.3. The van der Waals surface area contributed by atoms with Crippen molar-refractivity contribution < 1.29 is 97.3 Å². The van der Waals surface area contributed by atoms with Gasteiger partial charge in [0.25, 0.3) is 0 Å². The molecule has 3 fully saturated rings. The maximum atomic E-state index is 14.7. The van der Waals surface area contributed by atoms with E-state index in [2.05, 4.69) is 31.9 Å². The first-order valence-corrected chi connectivity index (χ1v) is 36.1. The summed E-state index contributed by atoms with van der Waals surface area (Å²) in [5.74, 6) is -10.3. The summed E-state index contributed by atoms with van der Waals surface area (Å²) >= 11 is 5.68. The Morgan fingerprint density at radius 1 is 0.667 bits per heavy atom. The van der Waals surface area contributed by atoms with Crippen LogP contribution in [0.3, 0.4) is 0 Å². The van der Waals surface area contributed by atoms with Crippen molar-refractivity contribution in [2.75, 3.05) is 57.7 Å². The van der Waals surface area contributed by atoms with Crippen molar-refractivity contribution >= 4 is 100.0 Å². The number of hydrogen-bond acceptors (Lipinski definition) is 19. The van der Waals surface area contributed by atoms with E-state index in [4.69, 9.17) is 27.4 Å². The highest BCUT2D eigenvalue weighted by molar-refractivity contribution is 7.80. The van der Waals surface area contributed by atoms with E-state index in [0.29, 0.717) is 80.2 Å². The Hall–Kier alpha value is -10.4. The number of thiocarbonyl (C=S) groups is 1. The molecule has 6 aliphatic heterocycles. The molecule has 8 atom stereocenters. The number of nitrogens with two attached hydrogens (primary N) is 1. The number of fused-ring (bicyclic) bond motifs is 9. The molecule has 3 aromatic carbocycles. The highest BCUT2D eigenvalue weighted by atomic mass is 32.1. The number of nitrogens with zero attached hydrogens (tertiary/aromatic N) is 5. The average molecular weight is 1480 g/mol. The molecule has 105 heavy (non-hydrogen) atoms. The number of anilines is 1. The van der Waals surface area contributed by atoms with E-state index < -0.39 is 163 Å². The Morgan fingerprint density at radius 2 is 1.29 bits per heavy atom. The number of aromatic hydroxyl groups is 2. The molecule has 0 aliphatic carbocycles. The predicted octanol–water partition coefficient (Wildman–Crippen LogP) is 2.22. The number of phenolic OH excluding ortho intramolecular Hbond substituents is 2. The van der Waals surface area contributed by atoms with Crippen molar-refractivity contribution in [2.45, 2.75) is 190 Å². The number of phenols is 2. The van der Waals surface area contributed by atoms with Crippen molar-refractivity contribution in [3.63, 3.8) is 0 Å². The highest BCUT2D eigenvalue weighted by Crippen LogP contribution is 2.57. The van der Waals surface area contributed by atoms with Crippen LogP contribution >= 0.6 is 12.2 Å². The van der Waals surface area contributed by atoms with E-state index in [-0.39, 0.29) is 118 Å². The molecule has 6 heterocycles. The molecule has 10 amide bonds. The molecule has 6 aliphatic rings. The van der Waals surface area contributed by atoms with Gasteiger partial charge in [0, 0.05) is 93.0 Å². The summed E-state index contributed by atoms with van der Waals surface area (Å²) in [6.07, 6.45) is 5.86. The lowest BCUT2D eigenvalue weighted by Gasteiger charge is -2.36. The number of carboxylic acid groups (broad SMARTS) is 2. The van der Waals surface area contributed by atoms with Gasteiger partial charge in [0.1, 0.15) is 65.3 Å². The van der Waals surface area contributed by atoms with Crippen LogP contribution in [-0.2, 0) is 67.9 Å². The topological polar surface area (TPSA) is 456 Å².